The Balaban J connectivity index is 1.78. The fourth-order valence-corrected chi connectivity index (χ4v) is 3.80. The van der Waals surface area contributed by atoms with E-state index >= 15 is 0 Å². The van der Waals surface area contributed by atoms with Gasteiger partial charge in [-0.1, -0.05) is 0 Å². The van der Waals surface area contributed by atoms with Crippen molar-refractivity contribution in [3.05, 3.63) is 65.3 Å². The van der Waals surface area contributed by atoms with Gasteiger partial charge in [-0.05, 0) is 67.6 Å². The Morgan fingerprint density at radius 3 is 2.26 bits per heavy atom. The molecule has 3 aromatic rings. The van der Waals surface area contributed by atoms with E-state index in [0.29, 0.717) is 22.4 Å². The molecule has 1 saturated heterocycles. The summed E-state index contributed by atoms with van der Waals surface area (Å²) in [5, 5.41) is 4.00. The first-order valence-corrected chi connectivity index (χ1v) is 10.4. The van der Waals surface area contributed by atoms with Crippen LogP contribution in [0.5, 0.6) is 5.75 Å². The number of carbonyl (C=O) groups excluding carboxylic acids is 3. The van der Waals surface area contributed by atoms with Crippen molar-refractivity contribution in [2.24, 2.45) is 5.73 Å². The predicted octanol–water partition coefficient (Wildman–Crippen LogP) is 2.70. The van der Waals surface area contributed by atoms with Crippen molar-refractivity contribution in [3.63, 3.8) is 0 Å². The fraction of sp³-hybridized carbons (Fsp3) is 0.280. The second kappa shape index (κ2) is 8.66. The number of carbonyl (C=O) groups is 3. The Bertz CT molecular complexity index is 1740. The van der Waals surface area contributed by atoms with Crippen LogP contribution in [0.25, 0.3) is 5.69 Å². The first kappa shape index (κ1) is 12.9. The summed E-state index contributed by atoms with van der Waals surface area (Å²) in [6, 6.07) is -5.66. The summed E-state index contributed by atoms with van der Waals surface area (Å²) in [4.78, 5) is 40.7. The summed E-state index contributed by atoms with van der Waals surface area (Å²) in [7, 11) is 1.14. The molecule has 9 heteroatoms. The number of amides is 3. The van der Waals surface area contributed by atoms with Gasteiger partial charge in [0.1, 0.15) is 11.4 Å². The predicted molar refractivity (Wildman–Crippen MR) is 127 cm³/mol. The second-order valence-corrected chi connectivity index (χ2v) is 7.51. The Morgan fingerprint density at radius 2 is 1.65 bits per heavy atom. The molecule has 0 aliphatic carbocycles. The maximum absolute atomic E-state index is 14.2. The number of benzene rings is 2. The van der Waals surface area contributed by atoms with Crippen LogP contribution in [0.4, 0.5) is 11.4 Å². The van der Waals surface area contributed by atoms with E-state index in [9.17, 15) is 14.4 Å². The summed E-state index contributed by atoms with van der Waals surface area (Å²) in [6.45, 7) is -2.62. The third-order valence-electron chi connectivity index (χ3n) is 5.46. The molecule has 0 spiro atoms. The number of hydrogen-bond acceptors (Lipinski definition) is 5. The molecule has 0 radical (unpaired) electrons. The maximum Gasteiger partial charge on any atom is 0.277 e. The summed E-state index contributed by atoms with van der Waals surface area (Å²) >= 11 is 0. The van der Waals surface area contributed by atoms with E-state index in [1.807, 2.05) is 0 Å². The van der Waals surface area contributed by atoms with Gasteiger partial charge in [-0.15, -0.1) is 0 Å². The zero-order valence-electron chi connectivity index (χ0n) is 28.0. The molecule has 2 aliphatic rings. The molecule has 0 bridgehead atoms. The molecule has 1 fully saturated rings. The fourth-order valence-electron chi connectivity index (χ4n) is 3.80. The normalized spacial score (nSPS) is 21.6. The second-order valence-electron chi connectivity index (χ2n) is 7.51. The number of rotatable bonds is 5. The highest BCUT2D eigenvalue weighted by molar-refractivity contribution is 6.09. The molecule has 2 aliphatic heterocycles. The lowest BCUT2D eigenvalue weighted by atomic mass is 10.0. The maximum atomic E-state index is 14.2. The summed E-state index contributed by atoms with van der Waals surface area (Å²) < 4.78 is 91.1. The molecule has 9 nitrogen and oxygen atoms in total. The van der Waals surface area contributed by atoms with E-state index in [4.69, 9.17) is 24.2 Å². The van der Waals surface area contributed by atoms with Crippen LogP contribution in [-0.2, 0) is 11.2 Å². The van der Waals surface area contributed by atoms with Gasteiger partial charge in [0.2, 0.25) is 5.91 Å². The standard InChI is InChI=1S/C25H25N5O4/c1-34-19-11-9-18(10-12-19)30-23-20(22(27-30)24(26)32)13-15-29(25(23)33)17-7-5-16(6-8-17)28-14-3-2-4-21(28)31/h5-12H,2-4,13-15H2,1H3,(H2,26,32)/i5D,6D,7D,8D,9D,10D,11D,12D,15D2. The molecule has 1 aromatic heterocycles. The van der Waals surface area contributed by atoms with Gasteiger partial charge in [0.15, 0.2) is 5.69 Å². The van der Waals surface area contributed by atoms with E-state index in [1.165, 1.54) is 0 Å². The van der Waals surface area contributed by atoms with E-state index in [2.05, 4.69) is 5.10 Å². The van der Waals surface area contributed by atoms with E-state index in [1.54, 1.807) is 0 Å². The van der Waals surface area contributed by atoms with Gasteiger partial charge in [0.25, 0.3) is 11.8 Å². The van der Waals surface area contributed by atoms with Crippen LogP contribution in [0.15, 0.2) is 48.3 Å². The van der Waals surface area contributed by atoms with Gasteiger partial charge in [-0.2, -0.15) is 5.10 Å². The number of anilines is 2. The lowest BCUT2D eigenvalue weighted by Gasteiger charge is -2.29. The number of ether oxygens (including phenoxy) is 1. The third-order valence-corrected chi connectivity index (χ3v) is 5.46. The molecule has 0 unspecified atom stereocenters. The van der Waals surface area contributed by atoms with E-state index < -0.39 is 107 Å². The number of piperidine rings is 1. The van der Waals surface area contributed by atoms with Crippen LogP contribution >= 0.6 is 0 Å². The minimum absolute atomic E-state index is 0.144. The summed E-state index contributed by atoms with van der Waals surface area (Å²) in [5.74, 6) is -3.30. The summed E-state index contributed by atoms with van der Waals surface area (Å²) in [5.41, 5.74) is 2.36. The highest BCUT2D eigenvalue weighted by Gasteiger charge is 2.34. The Hall–Kier alpha value is -4.14. The zero-order chi connectivity index (χ0) is 32.6. The molecule has 34 heavy (non-hydrogen) atoms. The van der Waals surface area contributed by atoms with Crippen molar-refractivity contribution in [1.82, 2.24) is 9.78 Å². The lowest BCUT2D eigenvalue weighted by Crippen LogP contribution is -2.39. The van der Waals surface area contributed by atoms with Crippen LogP contribution in [-0.4, -0.2) is 47.7 Å². The molecule has 3 amide bonds. The van der Waals surface area contributed by atoms with Crippen molar-refractivity contribution in [1.29, 1.82) is 0 Å². The number of aromatic nitrogens is 2. The van der Waals surface area contributed by atoms with Gasteiger partial charge in [-0.3, -0.25) is 14.4 Å². The molecular weight excluding hydrogens is 434 g/mol. The van der Waals surface area contributed by atoms with Crippen molar-refractivity contribution in [2.75, 3.05) is 30.0 Å². The van der Waals surface area contributed by atoms with E-state index in [-0.39, 0.29) is 24.2 Å². The average Bonchev–Trinajstić information content (AvgIpc) is 3.32. The first-order valence-electron chi connectivity index (χ1n) is 15.4. The number of primary amides is 1. The summed E-state index contributed by atoms with van der Waals surface area (Å²) in [6.07, 6.45) is 0.525. The first-order chi connectivity index (χ1) is 20.6. The van der Waals surface area contributed by atoms with Gasteiger partial charge in [0, 0.05) is 36.4 Å². The molecule has 5 rings (SSSR count). The highest BCUT2D eigenvalue weighted by atomic mass is 16.5. The average molecular weight is 470 g/mol. The van der Waals surface area contributed by atoms with Crippen molar-refractivity contribution in [2.45, 2.75) is 25.7 Å². The SMILES string of the molecule is [2H]c1c([2H])c(-n2nc(C(N)=O)c3c2C(=O)N(c2c([2H])c([2H])c(N4CCCCC4=O)c([2H])c2[2H])C([2H])([2H])C3)c([2H])c([2H])c1OC. The number of fused-ring (bicyclic) bond motifs is 1. The molecule has 0 saturated carbocycles. The van der Waals surface area contributed by atoms with E-state index in [0.717, 1.165) is 12.0 Å². The molecule has 2 aromatic carbocycles. The van der Waals surface area contributed by atoms with Crippen LogP contribution in [0.3, 0.4) is 0 Å². The Labute approximate surface area is 210 Å². The third kappa shape index (κ3) is 3.68. The molecule has 3 heterocycles. The topological polar surface area (TPSA) is 111 Å². The van der Waals surface area contributed by atoms with Gasteiger partial charge < -0.3 is 20.3 Å². The highest BCUT2D eigenvalue weighted by Crippen LogP contribution is 2.31. The minimum atomic E-state index is -2.77. The molecular formula is C25H25N5O4. The monoisotopic (exact) mass is 469 g/mol. The van der Waals surface area contributed by atoms with Crippen molar-refractivity contribution in [3.8, 4) is 11.4 Å². The van der Waals surface area contributed by atoms with Gasteiger partial charge in [-0.25, -0.2) is 4.68 Å². The molecule has 174 valence electrons. The van der Waals surface area contributed by atoms with Crippen LogP contribution in [0, 0.1) is 0 Å². The van der Waals surface area contributed by atoms with Crippen molar-refractivity contribution < 1.29 is 32.8 Å². The van der Waals surface area contributed by atoms with Crippen LogP contribution < -0.4 is 20.3 Å². The smallest absolute Gasteiger partial charge is 0.277 e. The largest absolute Gasteiger partial charge is 0.497 e. The van der Waals surface area contributed by atoms with Crippen molar-refractivity contribution >= 4 is 29.1 Å². The lowest BCUT2D eigenvalue weighted by molar-refractivity contribution is -0.119. The number of nitrogens with two attached hydrogens (primary N) is 1. The number of nitrogens with zero attached hydrogens (tertiary/aromatic N) is 4. The van der Waals surface area contributed by atoms with Crippen LogP contribution in [0.2, 0.25) is 0 Å². The Kier molecular flexibility index (Phi) is 3.29. The Morgan fingerprint density at radius 1 is 1.00 bits per heavy atom. The number of methoxy groups -OCH3 is 1. The molecule has 2 N–H and O–H groups in total. The minimum Gasteiger partial charge on any atom is -0.497 e. The van der Waals surface area contributed by atoms with Crippen LogP contribution in [0.1, 0.15) is 59.5 Å². The quantitative estimate of drug-likeness (QED) is 0.618. The zero-order valence-corrected chi connectivity index (χ0v) is 18.0. The number of hydrogen-bond donors (Lipinski definition) is 1. The van der Waals surface area contributed by atoms with Gasteiger partial charge >= 0.3 is 0 Å². The van der Waals surface area contributed by atoms with Gasteiger partial charge in [0.05, 0.1) is 26.5 Å². The molecule has 0 atom stereocenters.